The number of phenols is 1. The lowest BCUT2D eigenvalue weighted by molar-refractivity contribution is 0.413. The fourth-order valence-electron chi connectivity index (χ4n) is 1.96. The highest BCUT2D eigenvalue weighted by atomic mass is 32.2. The molecule has 0 amide bonds. The summed E-state index contributed by atoms with van der Waals surface area (Å²) in [5, 5.41) is 9.43. The summed E-state index contributed by atoms with van der Waals surface area (Å²) in [7, 11) is -0.334. The first-order valence-electron chi connectivity index (χ1n) is 5.64. The van der Waals surface area contributed by atoms with E-state index in [-0.39, 0.29) is 5.75 Å². The van der Waals surface area contributed by atoms with Gasteiger partial charge in [-0.2, -0.15) is 10.6 Å². The second kappa shape index (κ2) is 5.32. The molecule has 5 heteroatoms. The summed E-state index contributed by atoms with van der Waals surface area (Å²) >= 11 is 0. The van der Waals surface area contributed by atoms with E-state index in [1.807, 2.05) is 6.92 Å². The quantitative estimate of drug-likeness (QED) is 0.843. The molecule has 2 N–H and O–H groups in total. The first-order chi connectivity index (χ1) is 9.02. The van der Waals surface area contributed by atoms with Gasteiger partial charge in [0.15, 0.2) is 0 Å². The first kappa shape index (κ1) is 13.4. The van der Waals surface area contributed by atoms with Gasteiger partial charge in [0.1, 0.15) is 11.5 Å². The monoisotopic (exact) mass is 276 g/mol. The molecule has 100 valence electrons. The van der Waals surface area contributed by atoms with Gasteiger partial charge < -0.3 is 18.8 Å². The predicted molar refractivity (Wildman–Crippen MR) is 73.9 cm³/mol. The summed E-state index contributed by atoms with van der Waals surface area (Å²) in [5.74, 6) is 0.749. The van der Waals surface area contributed by atoms with Crippen molar-refractivity contribution < 1.29 is 14.1 Å². The molecule has 2 aromatic rings. The van der Waals surface area contributed by atoms with Gasteiger partial charge in [0.25, 0.3) is 0 Å². The standard InChI is InChI=1S/C14H14NO3S/c1-9-7-10(16)3-5-12(9)13-6-4-11(18-2)8-14(13)19(15)17/h3-8,15-16H,1-2H3/q-1. The number of nitrogens with one attached hydrogen (secondary N) is 1. The van der Waals surface area contributed by atoms with E-state index >= 15 is 0 Å². The van der Waals surface area contributed by atoms with Crippen LogP contribution in [0.4, 0.5) is 0 Å². The molecule has 0 unspecified atom stereocenters. The molecule has 0 fully saturated rings. The Kier molecular flexibility index (Phi) is 3.76. The van der Waals surface area contributed by atoms with E-state index in [9.17, 15) is 9.32 Å². The molecule has 2 aromatic carbocycles. The minimum absolute atomic E-state index is 0.184. The lowest BCUT2D eigenvalue weighted by Gasteiger charge is -2.15. The third-order valence-electron chi connectivity index (χ3n) is 2.89. The van der Waals surface area contributed by atoms with Crippen LogP contribution < -0.4 is 4.74 Å². The van der Waals surface area contributed by atoms with Crippen molar-refractivity contribution in [2.45, 2.75) is 11.8 Å². The Hall–Kier alpha value is -2.01. The van der Waals surface area contributed by atoms with Crippen molar-refractivity contribution >= 4 is 10.6 Å². The molecule has 0 aromatic heterocycles. The number of hydrogen-bond acceptors (Lipinski definition) is 5. The van der Waals surface area contributed by atoms with Crippen LogP contribution in [0.3, 0.4) is 0 Å². The van der Waals surface area contributed by atoms with E-state index in [4.69, 9.17) is 9.52 Å². The van der Waals surface area contributed by atoms with E-state index < -0.39 is 10.6 Å². The van der Waals surface area contributed by atoms with E-state index in [0.29, 0.717) is 16.2 Å². The molecular formula is C14H14NO3S-. The van der Waals surface area contributed by atoms with Crippen molar-refractivity contribution in [3.8, 4) is 22.6 Å². The number of benzene rings is 2. The van der Waals surface area contributed by atoms with Crippen LogP contribution in [-0.2, 0) is 14.8 Å². The summed E-state index contributed by atoms with van der Waals surface area (Å²) in [6, 6.07) is 10.1. The Bertz CT molecular complexity index is 685. The number of ether oxygens (including phenoxy) is 1. The van der Waals surface area contributed by atoms with Crippen LogP contribution in [0.25, 0.3) is 11.1 Å². The third-order valence-corrected chi connectivity index (χ3v) is 3.63. The maximum absolute atomic E-state index is 11.6. The second-order valence-electron chi connectivity index (χ2n) is 4.13. The van der Waals surface area contributed by atoms with Crippen molar-refractivity contribution in [2.24, 2.45) is 0 Å². The van der Waals surface area contributed by atoms with Crippen LogP contribution in [0.2, 0.25) is 0 Å². The highest BCUT2D eigenvalue weighted by molar-refractivity contribution is 7.73. The van der Waals surface area contributed by atoms with Gasteiger partial charge in [-0.1, -0.05) is 17.0 Å². The van der Waals surface area contributed by atoms with Gasteiger partial charge in [-0.15, -0.1) is 0 Å². The Morgan fingerprint density at radius 1 is 1.16 bits per heavy atom. The molecule has 0 bridgehead atoms. The molecule has 2 rings (SSSR count). The van der Waals surface area contributed by atoms with Crippen LogP contribution in [0.5, 0.6) is 11.5 Å². The normalized spacial score (nSPS) is 10.7. The SMILES string of the molecule is COc1ccc(-c2ccc(O)cc2C)c([S-](=N)=O)c1. The molecule has 0 saturated carbocycles. The molecule has 19 heavy (non-hydrogen) atoms. The highest BCUT2D eigenvalue weighted by Crippen LogP contribution is 2.32. The topological polar surface area (TPSA) is 70.4 Å². The van der Waals surface area contributed by atoms with Gasteiger partial charge in [0, 0.05) is 0 Å². The number of methoxy groups -OCH3 is 1. The number of aryl methyl sites for hydroxylation is 1. The maximum atomic E-state index is 11.6. The fraction of sp³-hybridized carbons (Fsp3) is 0.143. The van der Waals surface area contributed by atoms with Gasteiger partial charge in [0.2, 0.25) is 0 Å². The largest absolute Gasteiger partial charge is 0.508 e. The fourth-order valence-corrected chi connectivity index (χ4v) is 2.56. The Morgan fingerprint density at radius 2 is 1.84 bits per heavy atom. The van der Waals surface area contributed by atoms with Gasteiger partial charge in [-0.05, 0) is 47.9 Å². The smallest absolute Gasteiger partial charge is 0.117 e. The molecule has 0 aliphatic rings. The minimum Gasteiger partial charge on any atom is -0.508 e. The van der Waals surface area contributed by atoms with Crippen LogP contribution in [0, 0.1) is 11.7 Å². The summed E-state index contributed by atoms with van der Waals surface area (Å²) < 4.78 is 24.1. The van der Waals surface area contributed by atoms with Gasteiger partial charge in [-0.3, -0.25) is 0 Å². The molecule has 0 saturated heterocycles. The maximum Gasteiger partial charge on any atom is 0.117 e. The van der Waals surface area contributed by atoms with Crippen molar-refractivity contribution in [1.82, 2.24) is 0 Å². The zero-order valence-corrected chi connectivity index (χ0v) is 11.5. The van der Waals surface area contributed by atoms with Crippen molar-refractivity contribution in [1.29, 1.82) is 4.78 Å². The van der Waals surface area contributed by atoms with Crippen LogP contribution in [-0.4, -0.2) is 12.2 Å². The molecule has 4 nitrogen and oxygen atoms in total. The van der Waals surface area contributed by atoms with Crippen molar-refractivity contribution in [3.63, 3.8) is 0 Å². The van der Waals surface area contributed by atoms with Gasteiger partial charge >= 0.3 is 0 Å². The second-order valence-corrected chi connectivity index (χ2v) is 5.11. The number of hydrogen-bond donors (Lipinski definition) is 2. The Labute approximate surface area is 113 Å². The molecule has 0 atom stereocenters. The van der Waals surface area contributed by atoms with E-state index in [2.05, 4.69) is 0 Å². The number of aromatic hydroxyl groups is 1. The van der Waals surface area contributed by atoms with Gasteiger partial charge in [-0.25, -0.2) is 0 Å². The molecule has 0 heterocycles. The van der Waals surface area contributed by atoms with E-state index in [1.54, 1.807) is 36.4 Å². The zero-order chi connectivity index (χ0) is 14.0. The third kappa shape index (κ3) is 2.71. The average molecular weight is 276 g/mol. The number of rotatable bonds is 3. The summed E-state index contributed by atoms with van der Waals surface area (Å²) in [4.78, 5) is 0.396. The Balaban J connectivity index is 2.67. The lowest BCUT2D eigenvalue weighted by atomic mass is 10.0. The molecular weight excluding hydrogens is 262 g/mol. The molecule has 0 aliphatic carbocycles. The summed E-state index contributed by atoms with van der Waals surface area (Å²) in [6.45, 7) is 1.86. The molecule has 0 aliphatic heterocycles. The number of phenolic OH excluding ortho intramolecular Hbond substituents is 1. The lowest BCUT2D eigenvalue weighted by Crippen LogP contribution is -1.91. The van der Waals surface area contributed by atoms with Crippen molar-refractivity contribution in [2.75, 3.05) is 7.11 Å². The minimum atomic E-state index is -1.86. The van der Waals surface area contributed by atoms with Crippen LogP contribution in [0.15, 0.2) is 41.3 Å². The van der Waals surface area contributed by atoms with E-state index in [1.165, 1.54) is 7.11 Å². The summed E-state index contributed by atoms with van der Waals surface area (Å²) in [5.41, 5.74) is 2.42. The van der Waals surface area contributed by atoms with Gasteiger partial charge in [0.05, 0.1) is 7.11 Å². The summed E-state index contributed by atoms with van der Waals surface area (Å²) in [6.07, 6.45) is 0. The first-order valence-corrected chi connectivity index (χ1v) is 6.79. The van der Waals surface area contributed by atoms with E-state index in [0.717, 1.165) is 11.1 Å². The molecule has 0 radical (unpaired) electrons. The molecule has 0 spiro atoms. The van der Waals surface area contributed by atoms with Crippen LogP contribution >= 0.6 is 0 Å². The average Bonchev–Trinajstić information content (AvgIpc) is 2.38. The van der Waals surface area contributed by atoms with Crippen molar-refractivity contribution in [3.05, 3.63) is 42.0 Å². The highest BCUT2D eigenvalue weighted by Gasteiger charge is 2.06. The Morgan fingerprint density at radius 3 is 2.42 bits per heavy atom. The van der Waals surface area contributed by atoms with Crippen LogP contribution in [0.1, 0.15) is 5.56 Å². The zero-order valence-electron chi connectivity index (χ0n) is 10.6. The predicted octanol–water partition coefficient (Wildman–Crippen LogP) is 3.46.